The van der Waals surface area contributed by atoms with Gasteiger partial charge in [-0.3, -0.25) is 4.79 Å². The second-order valence-electron chi connectivity index (χ2n) is 6.47. The highest BCUT2D eigenvalue weighted by Crippen LogP contribution is 2.33. The van der Waals surface area contributed by atoms with Gasteiger partial charge in [0.1, 0.15) is 5.75 Å². The zero-order valence-electron chi connectivity index (χ0n) is 16.5. The van der Waals surface area contributed by atoms with Crippen LogP contribution < -0.4 is 14.2 Å². The van der Waals surface area contributed by atoms with Crippen LogP contribution >= 0.6 is 15.9 Å². The van der Waals surface area contributed by atoms with E-state index in [1.165, 1.54) is 0 Å². The van der Waals surface area contributed by atoms with Gasteiger partial charge in [-0.1, -0.05) is 0 Å². The lowest BCUT2D eigenvalue weighted by molar-refractivity contribution is -0.135. The predicted octanol–water partition coefficient (Wildman–Crippen LogP) is 3.22. The summed E-state index contributed by atoms with van der Waals surface area (Å²) in [6, 6.07) is 8.67. The first kappa shape index (κ1) is 21.0. The van der Waals surface area contributed by atoms with Gasteiger partial charge in [-0.25, -0.2) is 4.79 Å². The largest absolute Gasteiger partial charge is 0.496 e. The van der Waals surface area contributed by atoms with Gasteiger partial charge in [-0.15, -0.1) is 0 Å². The molecule has 0 unspecified atom stereocenters. The SMILES string of the molecule is COc1ccc(C(=O)OCC(=O)N2CCc3cc(OC)c(OC)cc3C2)cc1Br. The van der Waals surface area contributed by atoms with Crippen LogP contribution in [0.1, 0.15) is 21.5 Å². The number of halogens is 1. The van der Waals surface area contributed by atoms with Crippen molar-refractivity contribution in [1.82, 2.24) is 4.90 Å². The van der Waals surface area contributed by atoms with Gasteiger partial charge >= 0.3 is 5.97 Å². The maximum absolute atomic E-state index is 12.6. The lowest BCUT2D eigenvalue weighted by atomic mass is 9.99. The third kappa shape index (κ3) is 4.64. The highest BCUT2D eigenvalue weighted by atomic mass is 79.9. The molecule has 0 saturated heterocycles. The molecule has 0 atom stereocenters. The van der Waals surface area contributed by atoms with Gasteiger partial charge in [0, 0.05) is 13.1 Å². The number of hydrogen-bond donors (Lipinski definition) is 0. The molecule has 1 aliphatic rings. The molecule has 3 rings (SSSR count). The number of fused-ring (bicyclic) bond motifs is 1. The summed E-state index contributed by atoms with van der Waals surface area (Å²) in [7, 11) is 4.71. The Morgan fingerprint density at radius 1 is 0.966 bits per heavy atom. The number of nitrogens with zero attached hydrogens (tertiary/aromatic N) is 1. The molecular weight excluding hydrogens is 442 g/mol. The number of carbonyl (C=O) groups is 2. The van der Waals surface area contributed by atoms with Crippen molar-refractivity contribution in [2.75, 3.05) is 34.5 Å². The van der Waals surface area contributed by atoms with Gasteiger partial charge in [0.15, 0.2) is 18.1 Å². The number of methoxy groups -OCH3 is 3. The molecule has 154 valence electrons. The first-order chi connectivity index (χ1) is 14.0. The van der Waals surface area contributed by atoms with Gasteiger partial charge in [0.05, 0.1) is 31.4 Å². The number of benzene rings is 2. The molecule has 0 aromatic heterocycles. The normalized spacial score (nSPS) is 12.8. The topological polar surface area (TPSA) is 74.3 Å². The monoisotopic (exact) mass is 463 g/mol. The summed E-state index contributed by atoms with van der Waals surface area (Å²) in [5, 5.41) is 0. The summed E-state index contributed by atoms with van der Waals surface area (Å²) >= 11 is 3.33. The molecule has 8 heteroatoms. The quantitative estimate of drug-likeness (QED) is 0.612. The summed E-state index contributed by atoms with van der Waals surface area (Å²) in [5.41, 5.74) is 2.45. The number of hydrogen-bond acceptors (Lipinski definition) is 6. The van der Waals surface area contributed by atoms with Crippen molar-refractivity contribution in [2.45, 2.75) is 13.0 Å². The van der Waals surface area contributed by atoms with Crippen molar-refractivity contribution in [1.29, 1.82) is 0 Å². The Morgan fingerprint density at radius 3 is 2.24 bits per heavy atom. The number of amides is 1. The molecule has 0 fully saturated rings. The second-order valence-corrected chi connectivity index (χ2v) is 7.32. The summed E-state index contributed by atoms with van der Waals surface area (Å²) in [6.45, 7) is 0.665. The van der Waals surface area contributed by atoms with Crippen LogP contribution in [0.5, 0.6) is 17.2 Å². The average Bonchev–Trinajstić information content (AvgIpc) is 2.75. The molecule has 1 aliphatic heterocycles. The van der Waals surface area contributed by atoms with Crippen LogP contribution in [0.4, 0.5) is 0 Å². The van der Waals surface area contributed by atoms with Crippen molar-refractivity contribution in [3.8, 4) is 17.2 Å². The Bertz CT molecular complexity index is 930. The fourth-order valence-electron chi connectivity index (χ4n) is 3.19. The zero-order valence-corrected chi connectivity index (χ0v) is 18.1. The molecule has 2 aromatic rings. The molecule has 1 amide bonds. The van der Waals surface area contributed by atoms with Crippen LogP contribution in [0.2, 0.25) is 0 Å². The van der Waals surface area contributed by atoms with Crippen molar-refractivity contribution in [3.63, 3.8) is 0 Å². The van der Waals surface area contributed by atoms with Crippen LogP contribution in [0.25, 0.3) is 0 Å². The lowest BCUT2D eigenvalue weighted by Gasteiger charge is -2.29. The van der Waals surface area contributed by atoms with Gasteiger partial charge in [0.25, 0.3) is 5.91 Å². The van der Waals surface area contributed by atoms with E-state index in [9.17, 15) is 9.59 Å². The van der Waals surface area contributed by atoms with Crippen LogP contribution in [-0.4, -0.2) is 51.3 Å². The Hall–Kier alpha value is -2.74. The molecule has 29 heavy (non-hydrogen) atoms. The number of rotatable bonds is 6. The van der Waals surface area contributed by atoms with Gasteiger partial charge in [-0.05, 0) is 63.8 Å². The molecule has 7 nitrogen and oxygen atoms in total. The standard InChI is InChI=1S/C21H22BrNO6/c1-26-17-5-4-14(8-16(17)22)21(25)29-12-20(24)23-7-6-13-9-18(27-2)19(28-3)10-15(13)11-23/h4-5,8-10H,6-7,11-12H2,1-3H3. The molecule has 0 spiro atoms. The van der Waals surface area contributed by atoms with Crippen molar-refractivity contribution < 1.29 is 28.5 Å². The van der Waals surface area contributed by atoms with Crippen LogP contribution in [0.3, 0.4) is 0 Å². The van der Waals surface area contributed by atoms with Gasteiger partial charge < -0.3 is 23.8 Å². The van der Waals surface area contributed by atoms with Crippen molar-refractivity contribution in [2.24, 2.45) is 0 Å². The summed E-state index contributed by atoms with van der Waals surface area (Å²) in [4.78, 5) is 26.5. The highest BCUT2D eigenvalue weighted by Gasteiger charge is 2.24. The smallest absolute Gasteiger partial charge is 0.338 e. The molecule has 0 aliphatic carbocycles. The molecule has 2 aromatic carbocycles. The van der Waals surface area contributed by atoms with Crippen LogP contribution in [0.15, 0.2) is 34.8 Å². The van der Waals surface area contributed by atoms with E-state index in [-0.39, 0.29) is 12.5 Å². The van der Waals surface area contributed by atoms with E-state index < -0.39 is 5.97 Å². The minimum absolute atomic E-state index is 0.244. The first-order valence-corrected chi connectivity index (χ1v) is 9.78. The zero-order chi connectivity index (χ0) is 21.0. The van der Waals surface area contributed by atoms with E-state index in [4.69, 9.17) is 18.9 Å². The van der Waals surface area contributed by atoms with E-state index in [1.54, 1.807) is 44.4 Å². The predicted molar refractivity (Wildman–Crippen MR) is 110 cm³/mol. The minimum Gasteiger partial charge on any atom is -0.496 e. The Labute approximate surface area is 177 Å². The van der Waals surface area contributed by atoms with Gasteiger partial charge in [-0.2, -0.15) is 0 Å². The third-order valence-electron chi connectivity index (χ3n) is 4.78. The summed E-state index contributed by atoms with van der Waals surface area (Å²) < 4.78 is 21.7. The number of esters is 1. The van der Waals surface area contributed by atoms with Crippen molar-refractivity contribution in [3.05, 3.63) is 51.5 Å². The second kappa shape index (κ2) is 9.17. The lowest BCUT2D eigenvalue weighted by Crippen LogP contribution is -2.38. The van der Waals surface area contributed by atoms with E-state index >= 15 is 0 Å². The average molecular weight is 464 g/mol. The fraction of sp³-hybridized carbons (Fsp3) is 0.333. The van der Waals surface area contributed by atoms with Crippen LogP contribution in [0, 0.1) is 0 Å². The van der Waals surface area contributed by atoms with Crippen molar-refractivity contribution >= 4 is 27.8 Å². The van der Waals surface area contributed by atoms with E-state index in [0.717, 1.165) is 11.1 Å². The molecule has 0 radical (unpaired) electrons. The molecule has 0 N–H and O–H groups in total. The summed E-state index contributed by atoms with van der Waals surface area (Å²) in [6.07, 6.45) is 0.695. The fourth-order valence-corrected chi connectivity index (χ4v) is 3.73. The summed E-state index contributed by atoms with van der Waals surface area (Å²) in [5.74, 6) is 1.09. The Morgan fingerprint density at radius 2 is 1.62 bits per heavy atom. The molecule has 0 bridgehead atoms. The third-order valence-corrected chi connectivity index (χ3v) is 5.40. The van der Waals surface area contributed by atoms with Crippen LogP contribution in [-0.2, 0) is 22.5 Å². The molecular formula is C21H22BrNO6. The van der Waals surface area contributed by atoms with E-state index in [2.05, 4.69) is 15.9 Å². The van der Waals surface area contributed by atoms with Gasteiger partial charge in [0.2, 0.25) is 0 Å². The highest BCUT2D eigenvalue weighted by molar-refractivity contribution is 9.10. The molecule has 1 heterocycles. The van der Waals surface area contributed by atoms with E-state index in [1.807, 2.05) is 12.1 Å². The maximum atomic E-state index is 12.6. The number of ether oxygens (including phenoxy) is 4. The van der Waals surface area contributed by atoms with E-state index in [0.29, 0.717) is 46.8 Å². The Kier molecular flexibility index (Phi) is 6.64. The Balaban J connectivity index is 1.62. The maximum Gasteiger partial charge on any atom is 0.338 e. The minimum atomic E-state index is -0.564. The first-order valence-electron chi connectivity index (χ1n) is 8.99. The number of carbonyl (C=O) groups excluding carboxylic acids is 2. The molecule has 0 saturated carbocycles.